The van der Waals surface area contributed by atoms with Gasteiger partial charge in [-0.1, -0.05) is 29.3 Å². The maximum atomic E-state index is 11.9. The summed E-state index contributed by atoms with van der Waals surface area (Å²) >= 11 is 15.6. The summed E-state index contributed by atoms with van der Waals surface area (Å²) in [6.07, 6.45) is 1.53. The van der Waals surface area contributed by atoms with Crippen molar-refractivity contribution in [2.45, 2.75) is 6.61 Å². The number of carbonyl (C=O) groups excluding carboxylic acids is 1. The van der Waals surface area contributed by atoms with Gasteiger partial charge in [-0.3, -0.25) is 0 Å². The Kier molecular flexibility index (Phi) is 8.17. The van der Waals surface area contributed by atoms with Crippen LogP contribution in [0.3, 0.4) is 0 Å². The normalized spacial score (nSPS) is 10.7. The molecule has 0 atom stereocenters. The Morgan fingerprint density at radius 3 is 2.55 bits per heavy atom. The van der Waals surface area contributed by atoms with Crippen molar-refractivity contribution in [2.24, 2.45) is 5.10 Å². The number of rotatable bonds is 7. The van der Waals surface area contributed by atoms with Crippen molar-refractivity contribution in [3.05, 3.63) is 86.3 Å². The molecule has 3 aromatic rings. The number of methoxy groups -OCH3 is 1. The Balaban J connectivity index is 1.52. The number of benzene rings is 3. The molecule has 6 nitrogen and oxygen atoms in total. The first kappa shape index (κ1) is 22.9. The van der Waals surface area contributed by atoms with E-state index in [0.29, 0.717) is 33.8 Å². The third kappa shape index (κ3) is 6.89. The van der Waals surface area contributed by atoms with Crippen LogP contribution in [0.4, 0.5) is 10.5 Å². The van der Waals surface area contributed by atoms with Gasteiger partial charge in [-0.25, -0.2) is 10.2 Å². The standard InChI is InChI=1S/C22H18BrCl2N3O3/c1-30-18-7-5-17(6-8-18)27-22(29)28-26-12-14-2-9-21(19(23)10-14)31-13-15-3-4-16(24)11-20(15)25/h2-12H,13H2,1H3,(H2,27,28,29)/b26-12+. The van der Waals surface area contributed by atoms with Gasteiger partial charge in [0.2, 0.25) is 0 Å². The third-order valence-corrected chi connectivity index (χ3v) is 5.29. The summed E-state index contributed by atoms with van der Waals surface area (Å²) < 4.78 is 11.6. The van der Waals surface area contributed by atoms with Gasteiger partial charge in [-0.2, -0.15) is 5.10 Å². The fourth-order valence-electron chi connectivity index (χ4n) is 2.51. The lowest BCUT2D eigenvalue weighted by molar-refractivity contribution is 0.252. The van der Waals surface area contributed by atoms with Crippen LogP contribution in [0.15, 0.2) is 70.2 Å². The molecule has 0 saturated carbocycles. The fourth-order valence-corrected chi connectivity index (χ4v) is 3.48. The molecule has 2 N–H and O–H groups in total. The van der Waals surface area contributed by atoms with Crippen molar-refractivity contribution < 1.29 is 14.3 Å². The predicted octanol–water partition coefficient (Wildman–Crippen LogP) is 6.50. The number of carbonyl (C=O) groups is 1. The van der Waals surface area contributed by atoms with E-state index < -0.39 is 6.03 Å². The highest BCUT2D eigenvalue weighted by molar-refractivity contribution is 9.10. The van der Waals surface area contributed by atoms with Crippen molar-refractivity contribution in [2.75, 3.05) is 12.4 Å². The molecule has 0 bridgehead atoms. The highest BCUT2D eigenvalue weighted by Gasteiger charge is 2.06. The Bertz CT molecular complexity index is 1090. The monoisotopic (exact) mass is 521 g/mol. The molecule has 0 aliphatic rings. The van der Waals surface area contributed by atoms with Crippen LogP contribution in [0, 0.1) is 0 Å². The lowest BCUT2D eigenvalue weighted by Crippen LogP contribution is -2.24. The summed E-state index contributed by atoms with van der Waals surface area (Å²) in [6, 6.07) is 17.2. The molecule has 0 unspecified atom stereocenters. The quantitative estimate of drug-likeness (QED) is 0.275. The highest BCUT2D eigenvalue weighted by atomic mass is 79.9. The molecule has 3 aromatic carbocycles. The molecule has 31 heavy (non-hydrogen) atoms. The summed E-state index contributed by atoms with van der Waals surface area (Å²) in [5.74, 6) is 1.35. The Morgan fingerprint density at radius 2 is 1.87 bits per heavy atom. The van der Waals surface area contributed by atoms with Gasteiger partial charge in [-0.05, 0) is 76.1 Å². The van der Waals surface area contributed by atoms with Crippen LogP contribution in [-0.4, -0.2) is 19.4 Å². The summed E-state index contributed by atoms with van der Waals surface area (Å²) in [6.45, 7) is 0.301. The van der Waals surface area contributed by atoms with Gasteiger partial charge in [0.1, 0.15) is 18.1 Å². The predicted molar refractivity (Wildman–Crippen MR) is 128 cm³/mol. The van der Waals surface area contributed by atoms with E-state index in [4.69, 9.17) is 32.7 Å². The van der Waals surface area contributed by atoms with Gasteiger partial charge in [0.05, 0.1) is 17.8 Å². The van der Waals surface area contributed by atoms with Crippen molar-refractivity contribution in [3.63, 3.8) is 0 Å². The van der Waals surface area contributed by atoms with Crippen LogP contribution in [0.2, 0.25) is 10.0 Å². The second-order valence-corrected chi connectivity index (χ2v) is 7.96. The number of nitrogens with zero attached hydrogens (tertiary/aromatic N) is 1. The number of hydrogen-bond acceptors (Lipinski definition) is 4. The van der Waals surface area contributed by atoms with Crippen LogP contribution in [0.25, 0.3) is 0 Å². The van der Waals surface area contributed by atoms with Crippen molar-refractivity contribution >= 4 is 57.1 Å². The van der Waals surface area contributed by atoms with E-state index in [-0.39, 0.29) is 0 Å². The van der Waals surface area contributed by atoms with Crippen molar-refractivity contribution in [1.82, 2.24) is 5.43 Å². The van der Waals surface area contributed by atoms with Crippen LogP contribution in [-0.2, 0) is 6.61 Å². The number of urea groups is 1. The van der Waals surface area contributed by atoms with Crippen LogP contribution >= 0.6 is 39.1 Å². The van der Waals surface area contributed by atoms with Gasteiger partial charge in [0.15, 0.2) is 0 Å². The van der Waals surface area contributed by atoms with E-state index in [1.807, 2.05) is 18.2 Å². The smallest absolute Gasteiger partial charge is 0.339 e. The zero-order valence-corrected chi connectivity index (χ0v) is 19.5. The number of hydrazone groups is 1. The second kappa shape index (κ2) is 11.0. The molecule has 2 amide bonds. The number of ether oxygens (including phenoxy) is 2. The molecule has 0 fully saturated rings. The topological polar surface area (TPSA) is 72.0 Å². The molecule has 0 spiro atoms. The van der Waals surface area contributed by atoms with Gasteiger partial charge >= 0.3 is 6.03 Å². The minimum Gasteiger partial charge on any atom is -0.497 e. The average Bonchev–Trinajstić information content (AvgIpc) is 2.75. The first-order valence-corrected chi connectivity index (χ1v) is 10.6. The number of nitrogens with one attached hydrogen (secondary N) is 2. The van der Waals surface area contributed by atoms with E-state index in [0.717, 1.165) is 15.6 Å². The van der Waals surface area contributed by atoms with E-state index in [1.54, 1.807) is 49.6 Å². The number of anilines is 1. The van der Waals surface area contributed by atoms with Gasteiger partial charge < -0.3 is 14.8 Å². The van der Waals surface area contributed by atoms with E-state index >= 15 is 0 Å². The molecule has 0 saturated heterocycles. The van der Waals surface area contributed by atoms with Crippen molar-refractivity contribution in [3.8, 4) is 11.5 Å². The lowest BCUT2D eigenvalue weighted by atomic mass is 10.2. The van der Waals surface area contributed by atoms with Crippen LogP contribution in [0.5, 0.6) is 11.5 Å². The van der Waals surface area contributed by atoms with E-state index in [2.05, 4.69) is 31.8 Å². The van der Waals surface area contributed by atoms with Crippen molar-refractivity contribution in [1.29, 1.82) is 0 Å². The molecule has 0 heterocycles. The Labute approximate surface area is 198 Å². The first-order valence-electron chi connectivity index (χ1n) is 9.05. The average molecular weight is 523 g/mol. The number of amides is 2. The molecule has 9 heteroatoms. The summed E-state index contributed by atoms with van der Waals surface area (Å²) in [5.41, 5.74) is 4.64. The largest absolute Gasteiger partial charge is 0.497 e. The second-order valence-electron chi connectivity index (χ2n) is 6.27. The highest BCUT2D eigenvalue weighted by Crippen LogP contribution is 2.28. The molecular formula is C22H18BrCl2N3O3. The third-order valence-electron chi connectivity index (χ3n) is 4.08. The number of halogens is 3. The van der Waals surface area contributed by atoms with Crippen LogP contribution < -0.4 is 20.2 Å². The molecular weight excluding hydrogens is 505 g/mol. The minimum atomic E-state index is -0.458. The van der Waals surface area contributed by atoms with Gasteiger partial charge in [0.25, 0.3) is 0 Å². The van der Waals surface area contributed by atoms with E-state index in [9.17, 15) is 4.79 Å². The zero-order valence-electron chi connectivity index (χ0n) is 16.4. The summed E-state index contributed by atoms with van der Waals surface area (Å²) in [7, 11) is 1.58. The summed E-state index contributed by atoms with van der Waals surface area (Å²) in [5, 5.41) is 7.75. The van der Waals surface area contributed by atoms with Gasteiger partial charge in [0, 0.05) is 21.3 Å². The Morgan fingerprint density at radius 1 is 1.10 bits per heavy atom. The zero-order chi connectivity index (χ0) is 22.2. The first-order chi connectivity index (χ1) is 14.9. The molecule has 0 radical (unpaired) electrons. The molecule has 0 aromatic heterocycles. The Hall–Kier alpha value is -2.74. The fraction of sp³-hybridized carbons (Fsp3) is 0.0909. The molecule has 0 aliphatic heterocycles. The molecule has 0 aliphatic carbocycles. The maximum Gasteiger partial charge on any atom is 0.339 e. The lowest BCUT2D eigenvalue weighted by Gasteiger charge is -2.10. The SMILES string of the molecule is COc1ccc(NC(=O)N/N=C/c2ccc(OCc3ccc(Cl)cc3Cl)c(Br)c2)cc1. The van der Waals surface area contributed by atoms with Crippen LogP contribution in [0.1, 0.15) is 11.1 Å². The molecule has 160 valence electrons. The molecule has 3 rings (SSSR count). The minimum absolute atomic E-state index is 0.301. The maximum absolute atomic E-state index is 11.9. The van der Waals surface area contributed by atoms with E-state index in [1.165, 1.54) is 6.21 Å². The summed E-state index contributed by atoms with van der Waals surface area (Å²) in [4.78, 5) is 11.9. The number of hydrogen-bond donors (Lipinski definition) is 2. The van der Waals surface area contributed by atoms with Gasteiger partial charge in [-0.15, -0.1) is 0 Å².